The van der Waals surface area contributed by atoms with Gasteiger partial charge in [0.2, 0.25) is 0 Å². The number of halogens is 2. The molecule has 7 heteroatoms. The molecule has 0 saturated heterocycles. The van der Waals surface area contributed by atoms with Gasteiger partial charge in [0.15, 0.2) is 0 Å². The van der Waals surface area contributed by atoms with Gasteiger partial charge in [0.05, 0.1) is 25.5 Å². The van der Waals surface area contributed by atoms with Gasteiger partial charge in [-0.25, -0.2) is 9.59 Å². The molecule has 0 amide bonds. The van der Waals surface area contributed by atoms with Gasteiger partial charge < -0.3 is 14.4 Å². The molecule has 0 spiro atoms. The lowest BCUT2D eigenvalue weighted by Crippen LogP contribution is -2.27. The Bertz CT molecular complexity index is 781. The molecule has 1 aromatic rings. The van der Waals surface area contributed by atoms with Crippen molar-refractivity contribution < 1.29 is 19.1 Å². The van der Waals surface area contributed by atoms with Gasteiger partial charge in [-0.15, -0.1) is 0 Å². The molecule has 0 radical (unpaired) electrons. The summed E-state index contributed by atoms with van der Waals surface area (Å²) in [4.78, 5) is 26.1. The largest absolute Gasteiger partial charge is 0.465 e. The first-order valence-corrected chi connectivity index (χ1v) is 8.50. The molecule has 0 saturated carbocycles. The maximum atomic E-state index is 12.4. The van der Waals surface area contributed by atoms with E-state index in [4.69, 9.17) is 9.47 Å². The number of methoxy groups -OCH3 is 2. The number of anilines is 1. The molecule has 0 fully saturated rings. The predicted molar refractivity (Wildman–Crippen MR) is 98.4 cm³/mol. The van der Waals surface area contributed by atoms with Gasteiger partial charge in [-0.1, -0.05) is 22.0 Å². The summed E-state index contributed by atoms with van der Waals surface area (Å²) in [5.41, 5.74) is 1.85. The summed E-state index contributed by atoms with van der Waals surface area (Å²) in [5.74, 6) is -1.26. The van der Waals surface area contributed by atoms with Crippen LogP contribution in [0.15, 0.2) is 56.8 Å². The second-order valence-corrected chi connectivity index (χ2v) is 6.47. The van der Waals surface area contributed by atoms with Crippen LogP contribution >= 0.6 is 31.9 Å². The average Bonchev–Trinajstić information content (AvgIpc) is 2.81. The SMILES string of the molecule is COC(=O)C1=C(C(=O)OC)N(c2ccc(Br)c(C)c2Br)C=CC=C1. The zero-order valence-corrected chi connectivity index (χ0v) is 16.5. The summed E-state index contributed by atoms with van der Waals surface area (Å²) >= 11 is 7.01. The highest BCUT2D eigenvalue weighted by molar-refractivity contribution is 9.11. The summed E-state index contributed by atoms with van der Waals surface area (Å²) in [5, 5.41) is 0. The molecule has 0 aliphatic carbocycles. The van der Waals surface area contributed by atoms with E-state index in [0.29, 0.717) is 5.69 Å². The van der Waals surface area contributed by atoms with Crippen LogP contribution in [0.3, 0.4) is 0 Å². The maximum absolute atomic E-state index is 12.4. The molecule has 1 aromatic carbocycles. The standard InChI is InChI=1S/C17H15Br2NO4/c1-10-12(18)7-8-13(14(10)19)20-9-5-4-6-11(16(21)23-2)15(20)17(22)24-3/h4-9H,1-3H3. The molecule has 1 aliphatic heterocycles. The minimum absolute atomic E-state index is 0.0803. The van der Waals surface area contributed by atoms with E-state index in [0.717, 1.165) is 14.5 Å². The molecule has 1 heterocycles. The van der Waals surface area contributed by atoms with Crippen molar-refractivity contribution in [3.63, 3.8) is 0 Å². The minimum atomic E-state index is -0.640. The highest BCUT2D eigenvalue weighted by Crippen LogP contribution is 2.37. The molecule has 0 bridgehead atoms. The van der Waals surface area contributed by atoms with E-state index < -0.39 is 11.9 Å². The smallest absolute Gasteiger partial charge is 0.355 e. The van der Waals surface area contributed by atoms with Crippen LogP contribution < -0.4 is 4.90 Å². The molecule has 5 nitrogen and oxygen atoms in total. The number of carbonyl (C=O) groups is 2. The van der Waals surface area contributed by atoms with Gasteiger partial charge in [-0.2, -0.15) is 0 Å². The van der Waals surface area contributed by atoms with Crippen LogP contribution in [0.1, 0.15) is 5.56 Å². The Morgan fingerprint density at radius 3 is 2.33 bits per heavy atom. The van der Waals surface area contributed by atoms with E-state index in [1.807, 2.05) is 19.1 Å². The number of hydrogen-bond donors (Lipinski definition) is 0. The molecule has 0 N–H and O–H groups in total. The van der Waals surface area contributed by atoms with Crippen molar-refractivity contribution in [1.29, 1.82) is 0 Å². The van der Waals surface area contributed by atoms with Crippen molar-refractivity contribution in [3.05, 3.63) is 62.3 Å². The first kappa shape index (κ1) is 18.5. The zero-order valence-electron chi connectivity index (χ0n) is 13.3. The summed E-state index contributed by atoms with van der Waals surface area (Å²) < 4.78 is 11.4. The van der Waals surface area contributed by atoms with Gasteiger partial charge >= 0.3 is 11.9 Å². The quantitative estimate of drug-likeness (QED) is 0.643. The number of rotatable bonds is 3. The number of nitrogens with zero attached hydrogens (tertiary/aromatic N) is 1. The fraction of sp³-hybridized carbons (Fsp3) is 0.176. The summed E-state index contributed by atoms with van der Waals surface area (Å²) in [6.07, 6.45) is 6.60. The van der Waals surface area contributed by atoms with Crippen molar-refractivity contribution >= 4 is 49.5 Å². The highest BCUT2D eigenvalue weighted by Gasteiger charge is 2.28. The van der Waals surface area contributed by atoms with E-state index in [1.165, 1.54) is 20.3 Å². The van der Waals surface area contributed by atoms with Crippen molar-refractivity contribution in [2.24, 2.45) is 0 Å². The van der Waals surface area contributed by atoms with Crippen molar-refractivity contribution in [2.45, 2.75) is 6.92 Å². The van der Waals surface area contributed by atoms with E-state index in [9.17, 15) is 9.59 Å². The van der Waals surface area contributed by atoms with Gasteiger partial charge in [0.1, 0.15) is 5.70 Å². The lowest BCUT2D eigenvalue weighted by molar-refractivity contribution is -0.139. The maximum Gasteiger partial charge on any atom is 0.355 e. The van der Waals surface area contributed by atoms with Gasteiger partial charge in [0, 0.05) is 15.1 Å². The number of carbonyl (C=O) groups excluding carboxylic acids is 2. The molecule has 0 aromatic heterocycles. The van der Waals surface area contributed by atoms with Gasteiger partial charge in [-0.05, 0) is 52.7 Å². The third-order valence-electron chi connectivity index (χ3n) is 3.45. The topological polar surface area (TPSA) is 55.8 Å². The van der Waals surface area contributed by atoms with Crippen LogP contribution in [-0.2, 0) is 19.1 Å². The minimum Gasteiger partial charge on any atom is -0.465 e. The van der Waals surface area contributed by atoms with Crippen LogP contribution in [0.4, 0.5) is 5.69 Å². The molecule has 0 atom stereocenters. The third-order valence-corrected chi connectivity index (χ3v) is 5.31. The molecule has 2 rings (SSSR count). The number of benzene rings is 1. The molecule has 126 valence electrons. The molecular weight excluding hydrogens is 442 g/mol. The van der Waals surface area contributed by atoms with Crippen LogP contribution in [0, 0.1) is 6.92 Å². The van der Waals surface area contributed by atoms with Gasteiger partial charge in [0.25, 0.3) is 0 Å². The van der Waals surface area contributed by atoms with Crippen molar-refractivity contribution in [3.8, 4) is 0 Å². The van der Waals surface area contributed by atoms with E-state index in [1.54, 1.807) is 23.3 Å². The van der Waals surface area contributed by atoms with Crippen LogP contribution in [-0.4, -0.2) is 26.2 Å². The number of hydrogen-bond acceptors (Lipinski definition) is 5. The second-order valence-electron chi connectivity index (χ2n) is 4.82. The number of allylic oxidation sites excluding steroid dienone is 2. The highest BCUT2D eigenvalue weighted by atomic mass is 79.9. The Balaban J connectivity index is 2.73. The lowest BCUT2D eigenvalue weighted by Gasteiger charge is -2.25. The third kappa shape index (κ3) is 3.47. The predicted octanol–water partition coefficient (Wildman–Crippen LogP) is 4.01. The average molecular weight is 457 g/mol. The Kier molecular flexibility index (Phi) is 6.01. The molecule has 0 unspecified atom stereocenters. The Morgan fingerprint density at radius 2 is 1.71 bits per heavy atom. The monoisotopic (exact) mass is 455 g/mol. The Morgan fingerprint density at radius 1 is 1.04 bits per heavy atom. The Hall–Kier alpha value is -1.86. The number of ether oxygens (including phenoxy) is 2. The fourth-order valence-electron chi connectivity index (χ4n) is 2.18. The van der Waals surface area contributed by atoms with E-state index in [2.05, 4.69) is 31.9 Å². The van der Waals surface area contributed by atoms with Crippen molar-refractivity contribution in [2.75, 3.05) is 19.1 Å². The second kappa shape index (κ2) is 7.81. The zero-order chi connectivity index (χ0) is 17.9. The van der Waals surface area contributed by atoms with Crippen LogP contribution in [0.25, 0.3) is 0 Å². The van der Waals surface area contributed by atoms with E-state index in [-0.39, 0.29) is 11.3 Å². The van der Waals surface area contributed by atoms with Crippen LogP contribution in [0.5, 0.6) is 0 Å². The molecule has 1 aliphatic rings. The van der Waals surface area contributed by atoms with E-state index >= 15 is 0 Å². The normalized spacial score (nSPS) is 13.8. The molecule has 24 heavy (non-hydrogen) atoms. The first-order valence-electron chi connectivity index (χ1n) is 6.92. The van der Waals surface area contributed by atoms with Gasteiger partial charge in [-0.3, -0.25) is 0 Å². The summed E-state index contributed by atoms with van der Waals surface area (Å²) in [6, 6.07) is 3.70. The lowest BCUT2D eigenvalue weighted by atomic mass is 10.1. The molecular formula is C17H15Br2NO4. The first-order chi connectivity index (χ1) is 11.4. The Labute approximate surface area is 156 Å². The fourth-order valence-corrected chi connectivity index (χ4v) is 3.32. The number of esters is 2. The summed E-state index contributed by atoms with van der Waals surface area (Å²) in [7, 11) is 2.53. The van der Waals surface area contributed by atoms with Crippen LogP contribution in [0.2, 0.25) is 0 Å². The van der Waals surface area contributed by atoms with Crippen molar-refractivity contribution in [1.82, 2.24) is 0 Å². The summed E-state index contributed by atoms with van der Waals surface area (Å²) in [6.45, 7) is 1.93.